The molecule has 29 heavy (non-hydrogen) atoms. The third kappa shape index (κ3) is 1.97. The molecule has 5 aliphatic rings. The molecule has 6 heteroatoms. The summed E-state index contributed by atoms with van der Waals surface area (Å²) in [5.74, 6) is 0.957. The predicted octanol–water partition coefficient (Wildman–Crippen LogP) is 2.65. The van der Waals surface area contributed by atoms with Gasteiger partial charge in [-0.2, -0.15) is 0 Å². The number of ether oxygens (including phenoxy) is 5. The Labute approximate surface area is 172 Å². The van der Waals surface area contributed by atoms with Crippen LogP contribution in [0.4, 0.5) is 0 Å². The topological polar surface area (TPSA) is 49.4 Å². The van der Waals surface area contributed by atoms with Gasteiger partial charge < -0.3 is 28.6 Å². The molecule has 2 bridgehead atoms. The third-order valence-corrected chi connectivity index (χ3v) is 8.53. The van der Waals surface area contributed by atoms with Crippen molar-refractivity contribution in [2.45, 2.75) is 74.1 Å². The monoisotopic (exact) mass is 401 g/mol. The first-order valence-corrected chi connectivity index (χ1v) is 11.0. The standard InChI is InChI=1S/C23H31NO5/c1-14-7-12-27-23(29-14)9-8-22(26-4)17-13-15-5-6-16(25-3)19-18(15)21(22,20(23)28-19)10-11-24(17)2/h5-6,14,17,20H,7-13H2,1-4H3. The number of hydrogen-bond donors (Lipinski definition) is 0. The molecule has 6 rings (SSSR count). The van der Waals surface area contributed by atoms with Crippen molar-refractivity contribution in [2.75, 3.05) is 34.4 Å². The van der Waals surface area contributed by atoms with E-state index in [-0.39, 0.29) is 23.2 Å². The minimum atomic E-state index is -0.723. The van der Waals surface area contributed by atoms with Crippen LogP contribution < -0.4 is 9.47 Å². The lowest BCUT2D eigenvalue weighted by Crippen LogP contribution is -2.80. The Morgan fingerprint density at radius 3 is 2.79 bits per heavy atom. The zero-order valence-electron chi connectivity index (χ0n) is 17.8. The quantitative estimate of drug-likeness (QED) is 0.760. The second-order valence-corrected chi connectivity index (χ2v) is 9.52. The second-order valence-electron chi connectivity index (χ2n) is 9.52. The smallest absolute Gasteiger partial charge is 0.207 e. The highest BCUT2D eigenvalue weighted by Crippen LogP contribution is 2.68. The predicted molar refractivity (Wildman–Crippen MR) is 107 cm³/mol. The summed E-state index contributed by atoms with van der Waals surface area (Å²) in [4.78, 5) is 2.49. The Morgan fingerprint density at radius 2 is 2.03 bits per heavy atom. The molecule has 2 spiro atoms. The lowest BCUT2D eigenvalue weighted by Gasteiger charge is -2.67. The van der Waals surface area contributed by atoms with Gasteiger partial charge >= 0.3 is 0 Å². The average molecular weight is 402 g/mol. The second kappa shape index (κ2) is 5.88. The summed E-state index contributed by atoms with van der Waals surface area (Å²) in [5, 5.41) is 0. The Hall–Kier alpha value is -1.34. The fourth-order valence-corrected chi connectivity index (χ4v) is 7.35. The molecule has 0 N–H and O–H groups in total. The molecule has 6 atom stereocenters. The van der Waals surface area contributed by atoms with Crippen LogP contribution in [-0.2, 0) is 26.0 Å². The van der Waals surface area contributed by atoms with Crippen molar-refractivity contribution in [1.82, 2.24) is 4.90 Å². The molecule has 3 aliphatic heterocycles. The van der Waals surface area contributed by atoms with E-state index in [1.54, 1.807) is 7.11 Å². The molecule has 1 aromatic rings. The Morgan fingerprint density at radius 1 is 1.17 bits per heavy atom. The van der Waals surface area contributed by atoms with Crippen molar-refractivity contribution >= 4 is 0 Å². The van der Waals surface area contributed by atoms with Crippen molar-refractivity contribution in [3.8, 4) is 11.5 Å². The number of likely N-dealkylation sites (N-methyl/N-ethyl adjacent to an activating group) is 1. The molecule has 3 fully saturated rings. The van der Waals surface area contributed by atoms with Gasteiger partial charge in [0.05, 0.1) is 30.8 Å². The van der Waals surface area contributed by atoms with Crippen LogP contribution in [0.25, 0.3) is 0 Å². The fraction of sp³-hybridized carbons (Fsp3) is 0.739. The van der Waals surface area contributed by atoms with E-state index in [1.165, 1.54) is 11.1 Å². The molecule has 158 valence electrons. The van der Waals surface area contributed by atoms with E-state index in [2.05, 4.69) is 31.0 Å². The van der Waals surface area contributed by atoms with E-state index >= 15 is 0 Å². The van der Waals surface area contributed by atoms with Gasteiger partial charge in [-0.25, -0.2) is 0 Å². The third-order valence-electron chi connectivity index (χ3n) is 8.53. The number of methoxy groups -OCH3 is 2. The number of benzene rings is 1. The van der Waals surface area contributed by atoms with Crippen LogP contribution in [0.3, 0.4) is 0 Å². The minimum absolute atomic E-state index is 0.162. The molecular weight excluding hydrogens is 370 g/mol. The summed E-state index contributed by atoms with van der Waals surface area (Å²) < 4.78 is 32.1. The number of likely N-dealkylation sites (tertiary alicyclic amines) is 1. The molecule has 2 saturated heterocycles. The molecule has 2 aliphatic carbocycles. The van der Waals surface area contributed by atoms with Gasteiger partial charge in [0.25, 0.3) is 0 Å². The highest BCUT2D eigenvalue weighted by atomic mass is 16.7. The van der Waals surface area contributed by atoms with Crippen LogP contribution in [0.2, 0.25) is 0 Å². The van der Waals surface area contributed by atoms with Crippen molar-refractivity contribution in [3.63, 3.8) is 0 Å². The fourth-order valence-electron chi connectivity index (χ4n) is 7.35. The summed E-state index contributed by atoms with van der Waals surface area (Å²) in [6, 6.07) is 4.59. The first-order chi connectivity index (χ1) is 14.0. The number of piperidine rings is 1. The molecule has 1 aromatic carbocycles. The lowest BCUT2D eigenvalue weighted by atomic mass is 9.48. The summed E-state index contributed by atoms with van der Waals surface area (Å²) in [6.07, 6.45) is 4.48. The Balaban J connectivity index is 1.63. The molecular formula is C23H31NO5. The molecule has 6 unspecified atom stereocenters. The van der Waals surface area contributed by atoms with Gasteiger partial charge in [0.1, 0.15) is 0 Å². The van der Waals surface area contributed by atoms with E-state index in [1.807, 2.05) is 7.11 Å². The van der Waals surface area contributed by atoms with E-state index in [9.17, 15) is 0 Å². The first kappa shape index (κ1) is 18.4. The van der Waals surface area contributed by atoms with Gasteiger partial charge in [0.15, 0.2) is 17.6 Å². The highest BCUT2D eigenvalue weighted by Gasteiger charge is 2.77. The zero-order valence-corrected chi connectivity index (χ0v) is 17.8. The molecule has 3 heterocycles. The Kier molecular flexibility index (Phi) is 3.73. The number of fused-ring (bicyclic) bond motifs is 1. The van der Waals surface area contributed by atoms with Gasteiger partial charge in [-0.1, -0.05) is 6.07 Å². The number of nitrogens with zero attached hydrogens (tertiary/aromatic N) is 1. The number of hydrogen-bond acceptors (Lipinski definition) is 6. The van der Waals surface area contributed by atoms with Gasteiger partial charge in [-0.05, 0) is 57.8 Å². The maximum Gasteiger partial charge on any atom is 0.207 e. The molecule has 6 nitrogen and oxygen atoms in total. The molecule has 1 saturated carbocycles. The van der Waals surface area contributed by atoms with E-state index in [0.717, 1.165) is 50.1 Å². The van der Waals surface area contributed by atoms with E-state index in [0.29, 0.717) is 12.6 Å². The molecule has 0 amide bonds. The summed E-state index contributed by atoms with van der Waals surface area (Å²) in [5.41, 5.74) is 2.05. The maximum absolute atomic E-state index is 6.83. The van der Waals surface area contributed by atoms with Crippen LogP contribution in [0, 0.1) is 0 Å². The average Bonchev–Trinajstić information content (AvgIpc) is 3.09. The van der Waals surface area contributed by atoms with Crippen molar-refractivity contribution < 1.29 is 23.7 Å². The van der Waals surface area contributed by atoms with Crippen LogP contribution in [-0.4, -0.2) is 69.0 Å². The van der Waals surface area contributed by atoms with Crippen LogP contribution >= 0.6 is 0 Å². The van der Waals surface area contributed by atoms with Crippen LogP contribution in [0.15, 0.2) is 12.1 Å². The maximum atomic E-state index is 6.83. The van der Waals surface area contributed by atoms with Crippen molar-refractivity contribution in [2.24, 2.45) is 0 Å². The largest absolute Gasteiger partial charge is 0.493 e. The zero-order chi connectivity index (χ0) is 20.0. The normalized spacial score (nSPS) is 45.0. The SMILES string of the molecule is COc1ccc2c3c1OC1C4(CCC5(OC)C(C2)N(C)CCC315)OCCC(C)O4. The van der Waals surface area contributed by atoms with E-state index in [4.69, 9.17) is 23.7 Å². The molecule has 0 aromatic heterocycles. The van der Waals surface area contributed by atoms with Crippen LogP contribution in [0.1, 0.15) is 43.7 Å². The number of rotatable bonds is 2. The summed E-state index contributed by atoms with van der Waals surface area (Å²) >= 11 is 0. The van der Waals surface area contributed by atoms with Crippen molar-refractivity contribution in [1.29, 1.82) is 0 Å². The Bertz CT molecular complexity index is 860. The van der Waals surface area contributed by atoms with Gasteiger partial charge in [-0.3, -0.25) is 0 Å². The van der Waals surface area contributed by atoms with Gasteiger partial charge in [0.2, 0.25) is 5.79 Å². The molecule has 0 radical (unpaired) electrons. The van der Waals surface area contributed by atoms with Gasteiger partial charge in [-0.15, -0.1) is 0 Å². The minimum Gasteiger partial charge on any atom is -0.493 e. The van der Waals surface area contributed by atoms with Crippen molar-refractivity contribution in [3.05, 3.63) is 23.3 Å². The lowest BCUT2D eigenvalue weighted by molar-refractivity contribution is -0.366. The van der Waals surface area contributed by atoms with Crippen LogP contribution in [0.5, 0.6) is 11.5 Å². The first-order valence-electron chi connectivity index (χ1n) is 11.0. The van der Waals surface area contributed by atoms with Gasteiger partial charge in [0, 0.05) is 25.1 Å². The van der Waals surface area contributed by atoms with E-state index < -0.39 is 5.79 Å². The summed E-state index contributed by atoms with van der Waals surface area (Å²) in [7, 11) is 5.84. The highest BCUT2D eigenvalue weighted by molar-refractivity contribution is 5.63. The summed E-state index contributed by atoms with van der Waals surface area (Å²) in [6.45, 7) is 3.87.